The fourth-order valence-electron chi connectivity index (χ4n) is 5.23. The first kappa shape index (κ1) is 13.1. The van der Waals surface area contributed by atoms with Crippen molar-refractivity contribution < 1.29 is 14.3 Å². The molecule has 3 nitrogen and oxygen atoms in total. The van der Waals surface area contributed by atoms with Crippen molar-refractivity contribution >= 4 is 11.7 Å². The Morgan fingerprint density at radius 1 is 1.19 bits per heavy atom. The molecule has 5 unspecified atom stereocenters. The van der Waals surface area contributed by atoms with Crippen molar-refractivity contribution in [3.63, 3.8) is 0 Å². The molecule has 0 amide bonds. The van der Waals surface area contributed by atoms with Crippen LogP contribution in [0.25, 0.3) is 0 Å². The summed E-state index contributed by atoms with van der Waals surface area (Å²) in [6.45, 7) is 0. The van der Waals surface area contributed by atoms with Crippen LogP contribution in [0.3, 0.4) is 0 Å². The Morgan fingerprint density at radius 2 is 2.00 bits per heavy atom. The van der Waals surface area contributed by atoms with E-state index in [0.29, 0.717) is 6.04 Å². The summed E-state index contributed by atoms with van der Waals surface area (Å²) in [6, 6.07) is 4.76. The molecule has 3 aliphatic carbocycles. The Balaban J connectivity index is 1.52. The summed E-state index contributed by atoms with van der Waals surface area (Å²) in [5.74, 6) is 1.49. The molecule has 3 aliphatic rings. The van der Waals surface area contributed by atoms with Gasteiger partial charge in [-0.3, -0.25) is 0 Å². The third-order valence-electron chi connectivity index (χ3n) is 5.98. The number of aromatic carboxylic acids is 1. The Hall–Kier alpha value is -1.58. The molecular weight excluding hydrogens is 269 g/mol. The fourth-order valence-corrected chi connectivity index (χ4v) is 5.23. The smallest absolute Gasteiger partial charge is 0.338 e. The van der Waals surface area contributed by atoms with Crippen LogP contribution in [0.1, 0.15) is 42.5 Å². The van der Waals surface area contributed by atoms with Crippen LogP contribution in [0.15, 0.2) is 18.2 Å². The van der Waals surface area contributed by atoms with Gasteiger partial charge in [0.25, 0.3) is 0 Å². The highest BCUT2D eigenvalue weighted by Crippen LogP contribution is 2.59. The van der Waals surface area contributed by atoms with Gasteiger partial charge in [-0.1, -0.05) is 6.42 Å². The van der Waals surface area contributed by atoms with E-state index in [1.807, 2.05) is 0 Å². The monoisotopic (exact) mass is 289 g/mol. The quantitative estimate of drug-likeness (QED) is 0.890. The van der Waals surface area contributed by atoms with Gasteiger partial charge in [0.05, 0.1) is 5.56 Å². The van der Waals surface area contributed by atoms with Crippen LogP contribution in [-0.2, 0) is 0 Å². The molecular formula is C17H20FNO2. The molecule has 0 aromatic heterocycles. The van der Waals surface area contributed by atoms with E-state index < -0.39 is 11.8 Å². The lowest BCUT2D eigenvalue weighted by Gasteiger charge is -2.32. The predicted octanol–water partition coefficient (Wildman–Crippen LogP) is 3.76. The second-order valence-corrected chi connectivity index (χ2v) is 6.90. The Bertz CT molecular complexity index is 588. The Labute approximate surface area is 123 Å². The number of fused-ring (bicyclic) bond motifs is 5. The maximum Gasteiger partial charge on any atom is 0.338 e. The SMILES string of the molecule is O=C(O)c1cc(NC2CC3CC2C2CCCC32)ccc1F. The van der Waals surface area contributed by atoms with Crippen molar-refractivity contribution in [2.24, 2.45) is 23.7 Å². The average molecular weight is 289 g/mol. The minimum atomic E-state index is -1.21. The molecule has 0 aliphatic heterocycles. The zero-order chi connectivity index (χ0) is 14.6. The molecule has 3 saturated carbocycles. The second-order valence-electron chi connectivity index (χ2n) is 6.90. The molecule has 4 rings (SSSR count). The number of rotatable bonds is 3. The minimum absolute atomic E-state index is 0.248. The first-order valence-corrected chi connectivity index (χ1v) is 7.93. The first-order chi connectivity index (χ1) is 10.1. The van der Waals surface area contributed by atoms with Gasteiger partial charge in [-0.15, -0.1) is 0 Å². The van der Waals surface area contributed by atoms with Gasteiger partial charge in [-0.2, -0.15) is 0 Å². The predicted molar refractivity (Wildman–Crippen MR) is 77.8 cm³/mol. The number of benzene rings is 1. The Morgan fingerprint density at radius 3 is 2.81 bits per heavy atom. The molecule has 4 heteroatoms. The lowest BCUT2D eigenvalue weighted by molar-refractivity contribution is 0.0692. The number of hydrogen-bond acceptors (Lipinski definition) is 2. The van der Waals surface area contributed by atoms with Crippen molar-refractivity contribution in [3.8, 4) is 0 Å². The van der Waals surface area contributed by atoms with Crippen molar-refractivity contribution in [3.05, 3.63) is 29.6 Å². The summed E-state index contributed by atoms with van der Waals surface area (Å²) < 4.78 is 13.5. The highest BCUT2D eigenvalue weighted by atomic mass is 19.1. The standard InChI is InChI=1S/C17H20FNO2/c18-15-5-4-10(8-14(15)17(20)21)19-16-7-9-6-13(16)12-3-1-2-11(9)12/h4-5,8-9,11-13,16,19H,1-3,6-7H2,(H,20,21). The summed E-state index contributed by atoms with van der Waals surface area (Å²) in [6.07, 6.45) is 6.63. The number of anilines is 1. The zero-order valence-electron chi connectivity index (χ0n) is 11.9. The largest absolute Gasteiger partial charge is 0.478 e. The number of carboxylic acid groups (broad SMARTS) is 1. The molecule has 5 atom stereocenters. The van der Waals surface area contributed by atoms with Crippen LogP contribution >= 0.6 is 0 Å². The van der Waals surface area contributed by atoms with Crippen LogP contribution in [0.2, 0.25) is 0 Å². The normalized spacial score (nSPS) is 36.7. The Kier molecular flexibility index (Phi) is 2.95. The van der Waals surface area contributed by atoms with Crippen molar-refractivity contribution in [1.29, 1.82) is 0 Å². The summed E-state index contributed by atoms with van der Waals surface area (Å²) in [7, 11) is 0. The van der Waals surface area contributed by atoms with E-state index in [1.54, 1.807) is 6.07 Å². The summed E-state index contributed by atoms with van der Waals surface area (Å²) >= 11 is 0. The maximum atomic E-state index is 13.5. The van der Waals surface area contributed by atoms with Gasteiger partial charge in [-0.25, -0.2) is 9.18 Å². The number of halogens is 1. The molecule has 2 N–H and O–H groups in total. The van der Waals surface area contributed by atoms with Gasteiger partial charge < -0.3 is 10.4 Å². The molecule has 1 aromatic rings. The highest BCUT2D eigenvalue weighted by Gasteiger charge is 2.53. The van der Waals surface area contributed by atoms with Gasteiger partial charge in [0, 0.05) is 11.7 Å². The van der Waals surface area contributed by atoms with Crippen molar-refractivity contribution in [2.45, 2.75) is 38.1 Å². The van der Waals surface area contributed by atoms with E-state index in [4.69, 9.17) is 5.11 Å². The molecule has 0 saturated heterocycles. The topological polar surface area (TPSA) is 49.3 Å². The number of nitrogens with one attached hydrogen (secondary N) is 1. The fraction of sp³-hybridized carbons (Fsp3) is 0.588. The molecule has 3 fully saturated rings. The van der Waals surface area contributed by atoms with Crippen LogP contribution in [0.4, 0.5) is 10.1 Å². The van der Waals surface area contributed by atoms with Crippen molar-refractivity contribution in [1.82, 2.24) is 0 Å². The van der Waals surface area contributed by atoms with Crippen LogP contribution in [0, 0.1) is 29.5 Å². The van der Waals surface area contributed by atoms with Crippen LogP contribution in [0.5, 0.6) is 0 Å². The van der Waals surface area contributed by atoms with Gasteiger partial charge >= 0.3 is 5.97 Å². The lowest BCUT2D eigenvalue weighted by Crippen LogP contribution is -2.33. The maximum absolute atomic E-state index is 13.5. The van der Waals surface area contributed by atoms with Gasteiger partial charge in [0.2, 0.25) is 0 Å². The molecule has 0 spiro atoms. The molecule has 2 bridgehead atoms. The summed E-state index contributed by atoms with van der Waals surface area (Å²) in [5, 5.41) is 12.5. The minimum Gasteiger partial charge on any atom is -0.478 e. The molecule has 0 radical (unpaired) electrons. The molecule has 0 heterocycles. The van der Waals surface area contributed by atoms with E-state index in [0.717, 1.165) is 29.4 Å². The van der Waals surface area contributed by atoms with E-state index in [-0.39, 0.29) is 5.56 Å². The van der Waals surface area contributed by atoms with Crippen LogP contribution in [-0.4, -0.2) is 17.1 Å². The first-order valence-electron chi connectivity index (χ1n) is 7.93. The van der Waals surface area contributed by atoms with Gasteiger partial charge in [-0.05, 0) is 67.6 Å². The summed E-state index contributed by atoms with van der Waals surface area (Å²) in [5.41, 5.74) is 0.489. The molecule has 21 heavy (non-hydrogen) atoms. The third-order valence-corrected chi connectivity index (χ3v) is 5.98. The number of hydrogen-bond donors (Lipinski definition) is 2. The third kappa shape index (κ3) is 2.03. The van der Waals surface area contributed by atoms with Crippen LogP contribution < -0.4 is 5.32 Å². The highest BCUT2D eigenvalue weighted by molar-refractivity contribution is 5.89. The van der Waals surface area contributed by atoms with E-state index in [9.17, 15) is 9.18 Å². The summed E-state index contributed by atoms with van der Waals surface area (Å²) in [4.78, 5) is 11.0. The number of carbonyl (C=O) groups is 1. The lowest BCUT2D eigenvalue weighted by atomic mass is 9.79. The zero-order valence-corrected chi connectivity index (χ0v) is 11.9. The number of carboxylic acids is 1. The van der Waals surface area contributed by atoms with E-state index in [2.05, 4.69) is 5.32 Å². The van der Waals surface area contributed by atoms with E-state index >= 15 is 0 Å². The van der Waals surface area contributed by atoms with E-state index in [1.165, 1.54) is 44.2 Å². The molecule has 112 valence electrons. The second kappa shape index (κ2) is 4.72. The average Bonchev–Trinajstić information content (AvgIpc) is 3.12. The van der Waals surface area contributed by atoms with Gasteiger partial charge in [0.15, 0.2) is 0 Å². The van der Waals surface area contributed by atoms with Crippen molar-refractivity contribution in [2.75, 3.05) is 5.32 Å². The van der Waals surface area contributed by atoms with Gasteiger partial charge in [0.1, 0.15) is 5.82 Å². The molecule has 1 aromatic carbocycles.